The van der Waals surface area contributed by atoms with Gasteiger partial charge in [-0.25, -0.2) is 4.98 Å². The summed E-state index contributed by atoms with van der Waals surface area (Å²) in [7, 11) is 3.71. The number of fused-ring (bicyclic) bond motifs is 1. The van der Waals surface area contributed by atoms with Gasteiger partial charge < -0.3 is 9.80 Å². The highest BCUT2D eigenvalue weighted by atomic mass is 32.1. The second kappa shape index (κ2) is 7.00. The number of rotatable bonds is 4. The SMILES string of the molecule is CCCCN(C)C(=O)C(=O)Nc1nc2c(s1)CN(C)CC2. The molecule has 0 saturated carbocycles. The minimum Gasteiger partial charge on any atom is -0.338 e. The molecular formula is C14H22N4O2S. The fraction of sp³-hybridized carbons (Fsp3) is 0.643. The molecule has 1 aromatic rings. The molecule has 0 fully saturated rings. The predicted molar refractivity (Wildman–Crippen MR) is 83.3 cm³/mol. The molecule has 7 heteroatoms. The molecular weight excluding hydrogens is 288 g/mol. The van der Waals surface area contributed by atoms with Crippen LogP contribution in [0.3, 0.4) is 0 Å². The number of amides is 2. The van der Waals surface area contributed by atoms with E-state index in [1.807, 2.05) is 0 Å². The van der Waals surface area contributed by atoms with Crippen LogP contribution in [0.5, 0.6) is 0 Å². The first-order valence-electron chi connectivity index (χ1n) is 7.24. The van der Waals surface area contributed by atoms with Crippen LogP contribution in [-0.2, 0) is 22.6 Å². The lowest BCUT2D eigenvalue weighted by molar-refractivity contribution is -0.142. The Hall–Kier alpha value is -1.47. The standard InChI is InChI=1S/C14H22N4O2S/c1-4-5-7-18(3)13(20)12(19)16-14-15-10-6-8-17(2)9-11(10)21-14/h4-9H2,1-3H3,(H,15,16,19). The lowest BCUT2D eigenvalue weighted by Gasteiger charge is -2.20. The van der Waals surface area contributed by atoms with E-state index in [1.165, 1.54) is 21.1 Å². The van der Waals surface area contributed by atoms with Crippen molar-refractivity contribution in [3.63, 3.8) is 0 Å². The molecule has 0 bridgehead atoms. The molecule has 1 N–H and O–H groups in total. The Balaban J connectivity index is 1.95. The van der Waals surface area contributed by atoms with E-state index in [1.54, 1.807) is 7.05 Å². The average Bonchev–Trinajstić information content (AvgIpc) is 2.84. The Bertz CT molecular complexity index is 529. The van der Waals surface area contributed by atoms with Gasteiger partial charge in [-0.3, -0.25) is 14.9 Å². The molecule has 1 aliphatic rings. The van der Waals surface area contributed by atoms with Crippen molar-refractivity contribution in [3.8, 4) is 0 Å². The zero-order valence-corrected chi connectivity index (χ0v) is 13.6. The molecule has 2 amide bonds. The van der Waals surface area contributed by atoms with Gasteiger partial charge in [-0.2, -0.15) is 0 Å². The van der Waals surface area contributed by atoms with Gasteiger partial charge in [0.25, 0.3) is 0 Å². The number of nitrogens with zero attached hydrogens (tertiary/aromatic N) is 3. The average molecular weight is 310 g/mol. The number of hydrogen-bond donors (Lipinski definition) is 1. The van der Waals surface area contributed by atoms with Gasteiger partial charge in [-0.05, 0) is 13.5 Å². The van der Waals surface area contributed by atoms with Gasteiger partial charge in [0.2, 0.25) is 0 Å². The number of likely N-dealkylation sites (N-methyl/N-ethyl adjacent to an activating group) is 2. The van der Waals surface area contributed by atoms with E-state index in [2.05, 4.69) is 29.2 Å². The summed E-state index contributed by atoms with van der Waals surface area (Å²) in [5.74, 6) is -1.11. The van der Waals surface area contributed by atoms with Crippen LogP contribution in [0.1, 0.15) is 30.3 Å². The lowest BCUT2D eigenvalue weighted by Crippen LogP contribution is -2.37. The van der Waals surface area contributed by atoms with Gasteiger partial charge in [0.15, 0.2) is 5.13 Å². The van der Waals surface area contributed by atoms with E-state index < -0.39 is 11.8 Å². The summed E-state index contributed by atoms with van der Waals surface area (Å²) in [6.45, 7) is 4.48. The smallest absolute Gasteiger partial charge is 0.315 e. The Kier molecular flexibility index (Phi) is 5.30. The number of aromatic nitrogens is 1. The highest BCUT2D eigenvalue weighted by molar-refractivity contribution is 7.16. The van der Waals surface area contributed by atoms with E-state index in [-0.39, 0.29) is 0 Å². The predicted octanol–water partition coefficient (Wildman–Crippen LogP) is 1.33. The van der Waals surface area contributed by atoms with Crippen LogP contribution in [0.25, 0.3) is 0 Å². The highest BCUT2D eigenvalue weighted by Crippen LogP contribution is 2.27. The first kappa shape index (κ1) is 15.9. The molecule has 0 saturated heterocycles. The highest BCUT2D eigenvalue weighted by Gasteiger charge is 2.22. The maximum absolute atomic E-state index is 11.9. The van der Waals surface area contributed by atoms with E-state index in [9.17, 15) is 9.59 Å². The first-order valence-corrected chi connectivity index (χ1v) is 8.06. The number of carbonyl (C=O) groups excluding carboxylic acids is 2. The molecule has 0 aliphatic carbocycles. The third kappa shape index (κ3) is 4.01. The summed E-state index contributed by atoms with van der Waals surface area (Å²) in [4.78, 5) is 33.1. The van der Waals surface area contributed by atoms with Gasteiger partial charge in [0.1, 0.15) is 0 Å². The summed E-state index contributed by atoms with van der Waals surface area (Å²) < 4.78 is 0. The second-order valence-corrected chi connectivity index (χ2v) is 6.49. The third-order valence-corrected chi connectivity index (χ3v) is 4.53. The van der Waals surface area contributed by atoms with Gasteiger partial charge in [0, 0.05) is 38.0 Å². The van der Waals surface area contributed by atoms with E-state index >= 15 is 0 Å². The molecule has 0 spiro atoms. The molecule has 21 heavy (non-hydrogen) atoms. The van der Waals surface area contributed by atoms with Gasteiger partial charge in [-0.1, -0.05) is 13.3 Å². The second-order valence-electron chi connectivity index (χ2n) is 5.41. The normalized spacial score (nSPS) is 14.6. The van der Waals surface area contributed by atoms with Crippen LogP contribution >= 0.6 is 11.3 Å². The number of nitrogens with one attached hydrogen (secondary N) is 1. The van der Waals surface area contributed by atoms with Crippen molar-refractivity contribution in [1.29, 1.82) is 0 Å². The molecule has 0 radical (unpaired) electrons. The molecule has 2 heterocycles. The topological polar surface area (TPSA) is 65.5 Å². The quantitative estimate of drug-likeness (QED) is 0.852. The summed E-state index contributed by atoms with van der Waals surface area (Å²) in [5.41, 5.74) is 1.04. The van der Waals surface area contributed by atoms with Crippen LogP contribution in [-0.4, -0.2) is 53.8 Å². The Morgan fingerprint density at radius 1 is 1.48 bits per heavy atom. The lowest BCUT2D eigenvalue weighted by atomic mass is 10.2. The minimum atomic E-state index is -0.604. The fourth-order valence-corrected chi connectivity index (χ4v) is 3.28. The molecule has 116 valence electrons. The Morgan fingerprint density at radius 3 is 2.95 bits per heavy atom. The van der Waals surface area contributed by atoms with Crippen LogP contribution in [0.4, 0.5) is 5.13 Å². The van der Waals surface area contributed by atoms with Crippen LogP contribution in [0, 0.1) is 0 Å². The molecule has 0 aromatic carbocycles. The largest absolute Gasteiger partial charge is 0.338 e. The van der Waals surface area contributed by atoms with Gasteiger partial charge in [-0.15, -0.1) is 11.3 Å². The molecule has 1 aromatic heterocycles. The van der Waals surface area contributed by atoms with E-state index in [0.29, 0.717) is 11.7 Å². The summed E-state index contributed by atoms with van der Waals surface area (Å²) in [6, 6.07) is 0. The maximum atomic E-state index is 11.9. The number of carbonyl (C=O) groups is 2. The van der Waals surface area contributed by atoms with Crippen LogP contribution in [0.2, 0.25) is 0 Å². The number of anilines is 1. The maximum Gasteiger partial charge on any atom is 0.315 e. The molecule has 6 nitrogen and oxygen atoms in total. The van der Waals surface area contributed by atoms with E-state index in [0.717, 1.165) is 38.0 Å². The first-order chi connectivity index (χ1) is 10.0. The fourth-order valence-electron chi connectivity index (χ4n) is 2.20. The minimum absolute atomic E-state index is 0.506. The van der Waals surface area contributed by atoms with Crippen LogP contribution < -0.4 is 5.32 Å². The van der Waals surface area contributed by atoms with Gasteiger partial charge in [0.05, 0.1) is 5.69 Å². The van der Waals surface area contributed by atoms with Crippen molar-refractivity contribution in [1.82, 2.24) is 14.8 Å². The zero-order valence-electron chi connectivity index (χ0n) is 12.8. The zero-order chi connectivity index (χ0) is 15.4. The number of unbranched alkanes of at least 4 members (excludes halogenated alkanes) is 1. The summed E-state index contributed by atoms with van der Waals surface area (Å²) >= 11 is 1.46. The van der Waals surface area contributed by atoms with Gasteiger partial charge >= 0.3 is 11.8 Å². The Morgan fingerprint density at radius 2 is 2.24 bits per heavy atom. The van der Waals surface area contributed by atoms with Crippen molar-refractivity contribution < 1.29 is 9.59 Å². The van der Waals surface area contributed by atoms with Crippen molar-refractivity contribution >= 4 is 28.3 Å². The van der Waals surface area contributed by atoms with Crippen molar-refractivity contribution in [2.75, 3.05) is 32.5 Å². The molecule has 2 rings (SSSR count). The summed E-state index contributed by atoms with van der Waals surface area (Å²) in [6.07, 6.45) is 2.78. The van der Waals surface area contributed by atoms with Crippen molar-refractivity contribution in [2.24, 2.45) is 0 Å². The molecule has 1 aliphatic heterocycles. The molecule has 0 atom stereocenters. The number of hydrogen-bond acceptors (Lipinski definition) is 5. The molecule has 0 unspecified atom stereocenters. The monoisotopic (exact) mass is 310 g/mol. The third-order valence-electron chi connectivity index (χ3n) is 3.53. The number of thiazole rings is 1. The summed E-state index contributed by atoms with van der Waals surface area (Å²) in [5, 5.41) is 3.16. The van der Waals surface area contributed by atoms with Crippen molar-refractivity contribution in [2.45, 2.75) is 32.7 Å². The van der Waals surface area contributed by atoms with Crippen molar-refractivity contribution in [3.05, 3.63) is 10.6 Å². The van der Waals surface area contributed by atoms with Crippen LogP contribution in [0.15, 0.2) is 0 Å². The van der Waals surface area contributed by atoms with E-state index in [4.69, 9.17) is 0 Å². The Labute approximate surface area is 129 Å².